The Morgan fingerprint density at radius 3 is 1.46 bits per heavy atom. The van der Waals surface area contributed by atoms with Crippen LogP contribution in [0.3, 0.4) is 0 Å². The Bertz CT molecular complexity index is 3710. The van der Waals surface area contributed by atoms with E-state index in [0.29, 0.717) is 84.3 Å². The summed E-state index contributed by atoms with van der Waals surface area (Å²) in [6.07, 6.45) is 19.0. The summed E-state index contributed by atoms with van der Waals surface area (Å²) in [5.41, 5.74) is 3.98. The second-order valence-electron chi connectivity index (χ2n) is 19.7. The normalized spacial score (nSPS) is 19.2. The van der Waals surface area contributed by atoms with Gasteiger partial charge in [-0.1, -0.05) is 30.6 Å². The van der Waals surface area contributed by atoms with Crippen molar-refractivity contribution in [1.82, 2.24) is 30.6 Å². The maximum atomic E-state index is 16.6. The van der Waals surface area contributed by atoms with Gasteiger partial charge in [-0.15, -0.1) is 12.8 Å². The SMILES string of the molecule is C#Cc1c(F)ccc2cc(O)cc(-c3ncc4c(N5CC6CCC(C5)N6)nc(C(=C)C)c(C)c4c3F)c12.C#Cc1c(F)ccc2cc(O)cc(-c3ncc4c(N5CC6CCC(C5)N6)nc(C)c(C)c4c3F)c12. The van der Waals surface area contributed by atoms with Crippen molar-refractivity contribution in [2.45, 2.75) is 77.5 Å². The zero-order valence-corrected chi connectivity index (χ0v) is 40.2. The molecule has 0 radical (unpaired) electrons. The molecule has 362 valence electrons. The molecule has 72 heavy (non-hydrogen) atoms. The molecular formula is C58H50F4N8O2. The van der Waals surface area contributed by atoms with Crippen molar-refractivity contribution in [2.75, 3.05) is 36.0 Å². The van der Waals surface area contributed by atoms with Crippen LogP contribution in [0.1, 0.15) is 66.2 Å². The van der Waals surface area contributed by atoms with E-state index in [1.807, 2.05) is 27.7 Å². The molecule has 0 spiro atoms. The molecule has 8 heterocycles. The van der Waals surface area contributed by atoms with Gasteiger partial charge in [-0.05, 0) is 117 Å². The first-order valence-corrected chi connectivity index (χ1v) is 24.1. The fourth-order valence-corrected chi connectivity index (χ4v) is 11.6. The van der Waals surface area contributed by atoms with E-state index in [9.17, 15) is 19.0 Å². The van der Waals surface area contributed by atoms with Crippen LogP contribution in [0.15, 0.2) is 67.5 Å². The Labute approximate surface area is 413 Å². The number of nitrogens with one attached hydrogen (secondary N) is 2. The highest BCUT2D eigenvalue weighted by Crippen LogP contribution is 2.43. The van der Waals surface area contributed by atoms with Crippen LogP contribution in [-0.2, 0) is 0 Å². The summed E-state index contributed by atoms with van der Waals surface area (Å²) in [5.74, 6) is 3.73. The standard InChI is InChI=1S/C30H26F2N4O.C28H24F2N4O/c1-5-21-24(31)9-6-17-10-20(37)11-22(26(17)21)29-27(32)25-16(4)28(15(2)3)35-30(23(25)12-33-29)36-13-18-7-8-19(14-36)34-18;1-4-20-23(29)8-5-16-9-19(35)10-21(25(16)20)27-26(30)24-14(2)15(3)32-28(22(24)11-31-27)34-12-17-6-7-18(13-34)33-17/h1,6,9-12,18-19,34,37H,2,7-8,13-14H2,3-4H3;1,5,8-11,17-18,33,35H,6-7,12-13H2,2-3H3. The third-order valence-corrected chi connectivity index (χ3v) is 15.0. The van der Waals surface area contributed by atoms with Crippen LogP contribution < -0.4 is 20.4 Å². The molecule has 0 saturated carbocycles. The van der Waals surface area contributed by atoms with E-state index in [0.717, 1.165) is 74.5 Å². The number of aryl methyl sites for hydroxylation is 3. The van der Waals surface area contributed by atoms with E-state index < -0.39 is 23.3 Å². The van der Waals surface area contributed by atoms with E-state index in [-0.39, 0.29) is 45.1 Å². The summed E-state index contributed by atoms with van der Waals surface area (Å²) in [6, 6.07) is 12.8. The topological polar surface area (TPSA) is 123 Å². The third kappa shape index (κ3) is 7.68. The lowest BCUT2D eigenvalue weighted by Crippen LogP contribution is -2.51. The number of fused-ring (bicyclic) bond motifs is 8. The highest BCUT2D eigenvalue weighted by molar-refractivity contribution is 6.06. The predicted octanol–water partition coefficient (Wildman–Crippen LogP) is 10.7. The van der Waals surface area contributed by atoms with Gasteiger partial charge in [0.2, 0.25) is 0 Å². The molecule has 0 amide bonds. The zero-order valence-electron chi connectivity index (χ0n) is 40.2. The molecule has 14 heteroatoms. The van der Waals surface area contributed by atoms with Crippen molar-refractivity contribution >= 4 is 60.3 Å². The van der Waals surface area contributed by atoms with E-state index in [1.54, 1.807) is 12.4 Å². The predicted molar refractivity (Wildman–Crippen MR) is 277 cm³/mol. The molecule has 4 saturated heterocycles. The van der Waals surface area contributed by atoms with Gasteiger partial charge in [-0.25, -0.2) is 27.5 Å². The number of allylic oxidation sites excluding steroid dienone is 1. The Kier molecular flexibility index (Phi) is 11.5. The number of pyridine rings is 4. The molecular weight excluding hydrogens is 917 g/mol. The summed E-state index contributed by atoms with van der Waals surface area (Å²) < 4.78 is 62.2. The van der Waals surface area contributed by atoms with Gasteiger partial charge in [0.05, 0.1) is 16.8 Å². The molecule has 4 fully saturated rings. The van der Waals surface area contributed by atoms with Gasteiger partial charge in [0.1, 0.15) is 46.2 Å². The van der Waals surface area contributed by atoms with Gasteiger partial charge in [-0.3, -0.25) is 9.97 Å². The molecule has 12 rings (SSSR count). The highest BCUT2D eigenvalue weighted by atomic mass is 19.1. The monoisotopic (exact) mass is 966 g/mol. The van der Waals surface area contributed by atoms with Gasteiger partial charge >= 0.3 is 0 Å². The van der Waals surface area contributed by atoms with Crippen LogP contribution in [0, 0.1) is 68.7 Å². The van der Waals surface area contributed by atoms with Gasteiger partial charge in [0.15, 0.2) is 11.6 Å². The van der Waals surface area contributed by atoms with Gasteiger partial charge in [0, 0.05) is 112 Å². The first kappa shape index (κ1) is 46.6. The number of piperazine rings is 2. The minimum Gasteiger partial charge on any atom is -0.508 e. The average molecular weight is 967 g/mol. The second-order valence-corrected chi connectivity index (χ2v) is 19.7. The number of benzene rings is 4. The fourth-order valence-electron chi connectivity index (χ4n) is 11.6. The number of nitrogens with zero attached hydrogens (tertiary/aromatic N) is 6. The maximum absolute atomic E-state index is 16.6. The smallest absolute Gasteiger partial charge is 0.157 e. The van der Waals surface area contributed by atoms with Gasteiger partial charge in [-0.2, -0.15) is 0 Å². The minimum atomic E-state index is -0.594. The van der Waals surface area contributed by atoms with Crippen molar-refractivity contribution in [3.05, 3.63) is 124 Å². The van der Waals surface area contributed by atoms with E-state index in [1.165, 1.54) is 48.5 Å². The largest absolute Gasteiger partial charge is 0.508 e. The number of anilines is 2. The fraction of sp³-hybridized carbons (Fsp3) is 0.276. The number of terminal acetylenes is 2. The lowest BCUT2D eigenvalue weighted by Gasteiger charge is -2.35. The van der Waals surface area contributed by atoms with Crippen molar-refractivity contribution in [2.24, 2.45) is 0 Å². The van der Waals surface area contributed by atoms with Crippen LogP contribution in [-0.4, -0.2) is 80.5 Å². The van der Waals surface area contributed by atoms with Crippen LogP contribution in [0.4, 0.5) is 29.2 Å². The number of hydrogen-bond donors (Lipinski definition) is 4. The number of rotatable bonds is 5. The lowest BCUT2D eigenvalue weighted by molar-refractivity contribution is 0.464. The quantitative estimate of drug-likeness (QED) is 0.0980. The van der Waals surface area contributed by atoms with Crippen molar-refractivity contribution < 1.29 is 27.8 Å². The first-order valence-electron chi connectivity index (χ1n) is 24.1. The average Bonchev–Trinajstić information content (AvgIpc) is 3.89. The Balaban J connectivity index is 0.000000156. The molecule has 4 N–H and O–H groups in total. The highest BCUT2D eigenvalue weighted by Gasteiger charge is 2.36. The van der Waals surface area contributed by atoms with Crippen molar-refractivity contribution in [3.63, 3.8) is 0 Å². The summed E-state index contributed by atoms with van der Waals surface area (Å²) in [7, 11) is 0. The van der Waals surface area contributed by atoms with Crippen LogP contribution in [0.5, 0.6) is 11.5 Å². The molecule has 10 nitrogen and oxygen atoms in total. The molecule has 4 bridgehead atoms. The number of hydrogen-bond acceptors (Lipinski definition) is 10. The van der Waals surface area contributed by atoms with Crippen LogP contribution in [0.25, 0.3) is 71.2 Å². The van der Waals surface area contributed by atoms with E-state index >= 15 is 8.78 Å². The zero-order chi connectivity index (χ0) is 50.4. The molecule has 8 aromatic rings. The lowest BCUT2D eigenvalue weighted by atomic mass is 9.94. The summed E-state index contributed by atoms with van der Waals surface area (Å²) in [5, 5.41) is 31.8. The second kappa shape index (κ2) is 17.8. The molecule has 0 aliphatic carbocycles. The van der Waals surface area contributed by atoms with Crippen LogP contribution in [0.2, 0.25) is 0 Å². The van der Waals surface area contributed by atoms with Crippen LogP contribution >= 0.6 is 0 Å². The number of halogens is 4. The molecule has 4 aliphatic heterocycles. The molecule has 4 aromatic heterocycles. The Hall–Kier alpha value is -7.78. The molecule has 4 unspecified atom stereocenters. The number of phenolic OH excluding ortho intramolecular Hbond substituents is 2. The van der Waals surface area contributed by atoms with Crippen molar-refractivity contribution in [1.29, 1.82) is 0 Å². The number of aromatic nitrogens is 4. The first-order chi connectivity index (χ1) is 34.6. The minimum absolute atomic E-state index is 0.000136. The summed E-state index contributed by atoms with van der Waals surface area (Å²) in [4.78, 5) is 23.2. The van der Waals surface area contributed by atoms with Gasteiger partial charge in [0.25, 0.3) is 0 Å². The van der Waals surface area contributed by atoms with Crippen molar-refractivity contribution in [3.8, 4) is 58.7 Å². The molecule has 4 aromatic carbocycles. The summed E-state index contributed by atoms with van der Waals surface area (Å²) in [6.45, 7) is 14.7. The van der Waals surface area contributed by atoms with E-state index in [4.69, 9.17) is 22.8 Å². The molecule has 4 atom stereocenters. The molecule has 4 aliphatic rings. The number of aromatic hydroxyl groups is 2. The Morgan fingerprint density at radius 1 is 0.625 bits per heavy atom. The summed E-state index contributed by atoms with van der Waals surface area (Å²) >= 11 is 0. The Morgan fingerprint density at radius 2 is 1.04 bits per heavy atom. The van der Waals surface area contributed by atoms with Gasteiger partial charge < -0.3 is 30.6 Å². The number of phenols is 2. The maximum Gasteiger partial charge on any atom is 0.157 e. The van der Waals surface area contributed by atoms with E-state index in [2.05, 4.69) is 48.8 Å². The third-order valence-electron chi connectivity index (χ3n) is 15.0.